The predicted molar refractivity (Wildman–Crippen MR) is 131 cm³/mol. The Hall–Kier alpha value is -3.92. The lowest BCUT2D eigenvalue weighted by Crippen LogP contribution is -2.03. The zero-order valence-corrected chi connectivity index (χ0v) is 18.6. The molecule has 0 radical (unpaired) electrons. The first-order valence-electron chi connectivity index (χ1n) is 10.9. The van der Waals surface area contributed by atoms with Gasteiger partial charge in [-0.15, -0.1) is 0 Å². The van der Waals surface area contributed by atoms with Crippen LogP contribution >= 0.6 is 0 Å². The molecule has 3 aromatic heterocycles. The summed E-state index contributed by atoms with van der Waals surface area (Å²) in [6.07, 6.45) is 1.77. The van der Waals surface area contributed by atoms with Gasteiger partial charge in [-0.3, -0.25) is 4.57 Å². The molecule has 0 saturated carbocycles. The van der Waals surface area contributed by atoms with Gasteiger partial charge in [0.15, 0.2) is 0 Å². The fourth-order valence-corrected chi connectivity index (χ4v) is 5.02. The van der Waals surface area contributed by atoms with Crippen molar-refractivity contribution in [1.29, 1.82) is 0 Å². The third kappa shape index (κ3) is 2.62. The Balaban J connectivity index is 1.77. The van der Waals surface area contributed by atoms with Gasteiger partial charge in [-0.05, 0) is 74.7 Å². The van der Waals surface area contributed by atoms with E-state index in [0.29, 0.717) is 5.71 Å². The molecule has 3 heterocycles. The monoisotopic (exact) mass is 417 g/mol. The van der Waals surface area contributed by atoms with Gasteiger partial charge in [0.05, 0.1) is 22.3 Å². The maximum atomic E-state index is 6.32. The second-order valence-corrected chi connectivity index (χ2v) is 8.60. The Morgan fingerprint density at radius 2 is 1.59 bits per heavy atom. The highest BCUT2D eigenvalue weighted by molar-refractivity contribution is 6.10. The molecule has 0 amide bonds. The number of fused-ring (bicyclic) bond motifs is 4. The fraction of sp³-hybridized carbons (Fsp3) is 0.143. The first-order chi connectivity index (χ1) is 15.5. The van der Waals surface area contributed by atoms with E-state index in [9.17, 15) is 0 Å². The van der Waals surface area contributed by atoms with E-state index < -0.39 is 0 Å². The molecule has 3 aromatic carbocycles. The van der Waals surface area contributed by atoms with Crippen LogP contribution in [-0.2, 0) is 0 Å². The number of aromatic nitrogens is 3. The quantitative estimate of drug-likeness (QED) is 0.299. The zero-order valence-electron chi connectivity index (χ0n) is 18.6. The summed E-state index contributed by atoms with van der Waals surface area (Å²) in [6, 6.07) is 21.1. The normalized spacial score (nSPS) is 11.8. The van der Waals surface area contributed by atoms with Crippen molar-refractivity contribution in [3.63, 3.8) is 0 Å². The Morgan fingerprint density at radius 3 is 2.41 bits per heavy atom. The van der Waals surface area contributed by atoms with Crippen LogP contribution in [0.5, 0.6) is 0 Å². The third-order valence-corrected chi connectivity index (χ3v) is 6.27. The average molecular weight is 418 g/mol. The second-order valence-electron chi connectivity index (χ2n) is 8.60. The van der Waals surface area contributed by atoms with Gasteiger partial charge >= 0.3 is 0 Å². The van der Waals surface area contributed by atoms with Gasteiger partial charge in [-0.1, -0.05) is 35.9 Å². The molecule has 0 spiro atoms. The van der Waals surface area contributed by atoms with Crippen LogP contribution in [0.4, 0.5) is 0 Å². The lowest BCUT2D eigenvalue weighted by Gasteiger charge is -2.16. The number of hydrogen-bond acceptors (Lipinski definition) is 3. The van der Waals surface area contributed by atoms with Crippen LogP contribution in [0.2, 0.25) is 0 Å². The molecule has 32 heavy (non-hydrogen) atoms. The summed E-state index contributed by atoms with van der Waals surface area (Å²) in [6.45, 7) is 8.60. The van der Waals surface area contributed by atoms with Gasteiger partial charge < -0.3 is 4.42 Å². The highest BCUT2D eigenvalue weighted by atomic mass is 16.3. The summed E-state index contributed by atoms with van der Waals surface area (Å²) in [7, 11) is 0. The minimum Gasteiger partial charge on any atom is -0.437 e. The molecule has 4 heteroatoms. The van der Waals surface area contributed by atoms with E-state index in [-0.39, 0.29) is 0 Å². The molecule has 0 aliphatic rings. The standard InChI is InChI=1S/C28H23N3O/c1-16-14-18(3)25(19(4)15-16)31-23-10-6-5-9-22(23)30-27(31)21-12-11-17(2)24-20-8-7-13-29-28(20)32-26(21)24/h5-15H,1-4H3. The summed E-state index contributed by atoms with van der Waals surface area (Å²) in [4.78, 5) is 9.56. The summed E-state index contributed by atoms with van der Waals surface area (Å²) in [5.41, 5.74) is 10.5. The Labute approximate surface area is 186 Å². The minimum absolute atomic E-state index is 0.656. The first-order valence-corrected chi connectivity index (χ1v) is 10.9. The molecular formula is C28H23N3O. The predicted octanol–water partition coefficient (Wildman–Crippen LogP) is 7.22. The van der Waals surface area contributed by atoms with Crippen LogP contribution in [0.15, 0.2) is 71.3 Å². The summed E-state index contributed by atoms with van der Waals surface area (Å²) >= 11 is 0. The van der Waals surface area contributed by atoms with E-state index in [1.807, 2.05) is 12.1 Å². The van der Waals surface area contributed by atoms with Crippen LogP contribution in [0.25, 0.3) is 50.2 Å². The van der Waals surface area contributed by atoms with E-state index in [4.69, 9.17) is 9.40 Å². The summed E-state index contributed by atoms with van der Waals surface area (Å²) in [5, 5.41) is 2.13. The van der Waals surface area contributed by atoms with Gasteiger partial charge in [-0.25, -0.2) is 9.97 Å². The molecule has 0 atom stereocenters. The maximum Gasteiger partial charge on any atom is 0.227 e. The summed E-state index contributed by atoms with van der Waals surface area (Å²) in [5.74, 6) is 0.880. The SMILES string of the molecule is Cc1cc(C)c(-n2c(-c3ccc(C)c4c3oc3ncccc34)nc3ccccc32)c(C)c1. The third-order valence-electron chi connectivity index (χ3n) is 6.27. The molecular weight excluding hydrogens is 394 g/mol. The number of pyridine rings is 1. The Bertz CT molecular complexity index is 1650. The van der Waals surface area contributed by atoms with Gasteiger partial charge in [-0.2, -0.15) is 0 Å². The van der Waals surface area contributed by atoms with E-state index in [2.05, 4.69) is 85.8 Å². The van der Waals surface area contributed by atoms with Crippen LogP contribution in [0, 0.1) is 27.7 Å². The van der Waals surface area contributed by atoms with Crippen LogP contribution in [0.3, 0.4) is 0 Å². The molecule has 6 aromatic rings. The lowest BCUT2D eigenvalue weighted by molar-refractivity contribution is 0.654. The number of furan rings is 1. The van der Waals surface area contributed by atoms with E-state index in [1.165, 1.54) is 27.9 Å². The Morgan fingerprint density at radius 1 is 0.812 bits per heavy atom. The largest absolute Gasteiger partial charge is 0.437 e. The molecule has 0 N–H and O–H groups in total. The minimum atomic E-state index is 0.656. The molecule has 0 unspecified atom stereocenters. The Kier molecular flexibility index (Phi) is 3.99. The number of hydrogen-bond donors (Lipinski definition) is 0. The topological polar surface area (TPSA) is 43.9 Å². The second kappa shape index (κ2) is 6.79. The molecule has 156 valence electrons. The van der Waals surface area contributed by atoms with Crippen molar-refractivity contribution in [1.82, 2.24) is 14.5 Å². The number of aryl methyl sites for hydroxylation is 4. The average Bonchev–Trinajstić information content (AvgIpc) is 3.33. The van der Waals surface area contributed by atoms with Crippen molar-refractivity contribution in [3.05, 3.63) is 89.1 Å². The van der Waals surface area contributed by atoms with Gasteiger partial charge in [0.2, 0.25) is 5.71 Å². The zero-order chi connectivity index (χ0) is 22.0. The van der Waals surface area contributed by atoms with Crippen LogP contribution in [0.1, 0.15) is 22.3 Å². The highest BCUT2D eigenvalue weighted by Crippen LogP contribution is 2.39. The van der Waals surface area contributed by atoms with Crippen molar-refractivity contribution in [3.8, 4) is 17.1 Å². The molecule has 0 aliphatic carbocycles. The first kappa shape index (κ1) is 18.8. The molecule has 0 bridgehead atoms. The number of imidazole rings is 1. The number of para-hydroxylation sites is 2. The molecule has 0 aliphatic heterocycles. The van der Waals surface area contributed by atoms with Crippen LogP contribution < -0.4 is 0 Å². The number of rotatable bonds is 2. The summed E-state index contributed by atoms with van der Waals surface area (Å²) < 4.78 is 8.60. The smallest absolute Gasteiger partial charge is 0.227 e. The highest BCUT2D eigenvalue weighted by Gasteiger charge is 2.22. The molecule has 0 fully saturated rings. The van der Waals surface area contributed by atoms with Gasteiger partial charge in [0.25, 0.3) is 0 Å². The number of nitrogens with zero attached hydrogens (tertiary/aromatic N) is 3. The number of benzene rings is 3. The van der Waals surface area contributed by atoms with Gasteiger partial charge in [0, 0.05) is 17.0 Å². The van der Waals surface area contributed by atoms with Crippen molar-refractivity contribution in [2.45, 2.75) is 27.7 Å². The van der Waals surface area contributed by atoms with E-state index in [0.717, 1.165) is 38.8 Å². The van der Waals surface area contributed by atoms with Crippen molar-refractivity contribution in [2.24, 2.45) is 0 Å². The fourth-order valence-electron chi connectivity index (χ4n) is 5.02. The van der Waals surface area contributed by atoms with Crippen molar-refractivity contribution >= 4 is 33.1 Å². The van der Waals surface area contributed by atoms with Gasteiger partial charge in [0.1, 0.15) is 11.4 Å². The van der Waals surface area contributed by atoms with Crippen molar-refractivity contribution in [2.75, 3.05) is 0 Å². The van der Waals surface area contributed by atoms with Crippen molar-refractivity contribution < 1.29 is 4.42 Å². The molecule has 0 saturated heterocycles. The lowest BCUT2D eigenvalue weighted by atomic mass is 10.0. The molecule has 6 rings (SSSR count). The maximum absolute atomic E-state index is 6.32. The van der Waals surface area contributed by atoms with Crippen LogP contribution in [-0.4, -0.2) is 14.5 Å². The van der Waals surface area contributed by atoms with E-state index >= 15 is 0 Å². The molecule has 4 nitrogen and oxygen atoms in total. The van der Waals surface area contributed by atoms with E-state index in [1.54, 1.807) is 6.20 Å².